The zero-order chi connectivity index (χ0) is 14.2. The van der Waals surface area contributed by atoms with E-state index in [1.165, 1.54) is 37.7 Å². The molecule has 1 atom stereocenters. The van der Waals surface area contributed by atoms with Crippen molar-refractivity contribution in [2.75, 3.05) is 6.54 Å². The Morgan fingerprint density at radius 1 is 1.20 bits per heavy atom. The summed E-state index contributed by atoms with van der Waals surface area (Å²) in [6.07, 6.45) is 8.40. The molecule has 0 bridgehead atoms. The molecular formula is C18H29NO. The zero-order valence-corrected chi connectivity index (χ0v) is 13.0. The summed E-state index contributed by atoms with van der Waals surface area (Å²) in [5.74, 6) is 1.92. The maximum Gasteiger partial charge on any atom is 0.124 e. The molecule has 1 aromatic rings. The summed E-state index contributed by atoms with van der Waals surface area (Å²) in [6, 6.07) is 8.42. The maximum atomic E-state index is 6.00. The van der Waals surface area contributed by atoms with Crippen LogP contribution >= 0.6 is 0 Å². The molecule has 2 nitrogen and oxygen atoms in total. The van der Waals surface area contributed by atoms with Crippen molar-refractivity contribution in [2.45, 2.75) is 65.0 Å². The highest BCUT2D eigenvalue weighted by atomic mass is 16.5. The van der Waals surface area contributed by atoms with Gasteiger partial charge in [-0.1, -0.05) is 44.4 Å². The minimum atomic E-state index is 0.287. The highest BCUT2D eigenvalue weighted by Gasteiger charge is 2.13. The summed E-state index contributed by atoms with van der Waals surface area (Å²) in [4.78, 5) is 0. The van der Waals surface area contributed by atoms with Gasteiger partial charge < -0.3 is 10.1 Å². The van der Waals surface area contributed by atoms with Gasteiger partial charge in [-0.2, -0.15) is 0 Å². The summed E-state index contributed by atoms with van der Waals surface area (Å²) < 4.78 is 6.00. The molecular weight excluding hydrogens is 246 g/mol. The molecule has 112 valence electrons. The van der Waals surface area contributed by atoms with E-state index in [0.717, 1.165) is 31.2 Å². The molecule has 0 spiro atoms. The van der Waals surface area contributed by atoms with E-state index in [2.05, 4.69) is 43.4 Å². The monoisotopic (exact) mass is 275 g/mol. The third kappa shape index (κ3) is 4.82. The Balaban J connectivity index is 1.82. The Hall–Kier alpha value is -1.02. The van der Waals surface area contributed by atoms with E-state index in [9.17, 15) is 0 Å². The van der Waals surface area contributed by atoms with Crippen molar-refractivity contribution in [3.05, 3.63) is 29.8 Å². The predicted octanol–water partition coefficient (Wildman–Crippen LogP) is 4.53. The Morgan fingerprint density at radius 2 is 1.95 bits per heavy atom. The molecule has 1 unspecified atom stereocenters. The topological polar surface area (TPSA) is 21.3 Å². The molecule has 1 saturated carbocycles. The van der Waals surface area contributed by atoms with Crippen LogP contribution in [-0.2, 0) is 6.54 Å². The highest BCUT2D eigenvalue weighted by molar-refractivity contribution is 5.33. The highest BCUT2D eigenvalue weighted by Crippen LogP contribution is 2.23. The van der Waals surface area contributed by atoms with Gasteiger partial charge in [-0.3, -0.25) is 0 Å². The maximum absolute atomic E-state index is 6.00. The lowest BCUT2D eigenvalue weighted by molar-refractivity contribution is 0.214. The van der Waals surface area contributed by atoms with E-state index in [1.807, 2.05) is 0 Å². The van der Waals surface area contributed by atoms with Gasteiger partial charge in [0.1, 0.15) is 5.75 Å². The van der Waals surface area contributed by atoms with Crippen molar-refractivity contribution < 1.29 is 4.74 Å². The second-order valence-corrected chi connectivity index (χ2v) is 6.08. The number of para-hydroxylation sites is 1. The average molecular weight is 275 g/mol. The first kappa shape index (κ1) is 15.4. The first-order chi connectivity index (χ1) is 9.79. The fourth-order valence-electron chi connectivity index (χ4n) is 2.87. The molecule has 20 heavy (non-hydrogen) atoms. The minimum Gasteiger partial charge on any atom is -0.490 e. The van der Waals surface area contributed by atoms with Gasteiger partial charge in [0.2, 0.25) is 0 Å². The molecule has 0 radical (unpaired) electrons. The van der Waals surface area contributed by atoms with E-state index >= 15 is 0 Å². The molecule has 0 amide bonds. The van der Waals surface area contributed by atoms with E-state index < -0.39 is 0 Å². The van der Waals surface area contributed by atoms with Crippen molar-refractivity contribution in [3.63, 3.8) is 0 Å². The second-order valence-electron chi connectivity index (χ2n) is 6.08. The van der Waals surface area contributed by atoms with Crippen LogP contribution in [-0.4, -0.2) is 12.6 Å². The Morgan fingerprint density at radius 3 is 2.70 bits per heavy atom. The Labute approximate surface area is 123 Å². The third-order valence-electron chi connectivity index (χ3n) is 4.35. The van der Waals surface area contributed by atoms with Crippen LogP contribution in [0.15, 0.2) is 24.3 Å². The number of hydrogen-bond acceptors (Lipinski definition) is 2. The van der Waals surface area contributed by atoms with Gasteiger partial charge in [0.15, 0.2) is 0 Å². The summed E-state index contributed by atoms with van der Waals surface area (Å²) in [7, 11) is 0. The summed E-state index contributed by atoms with van der Waals surface area (Å²) in [6.45, 7) is 6.36. The summed E-state index contributed by atoms with van der Waals surface area (Å²) in [5, 5.41) is 3.62. The van der Waals surface area contributed by atoms with E-state index in [0.29, 0.717) is 0 Å². The SMILES string of the molecule is CCC(C)Oc1ccccc1CNCC1CCCCC1. The quantitative estimate of drug-likeness (QED) is 0.789. The van der Waals surface area contributed by atoms with Crippen molar-refractivity contribution >= 4 is 0 Å². The number of hydrogen-bond donors (Lipinski definition) is 1. The van der Waals surface area contributed by atoms with Gasteiger partial charge in [0, 0.05) is 12.1 Å². The van der Waals surface area contributed by atoms with Crippen LogP contribution < -0.4 is 10.1 Å². The van der Waals surface area contributed by atoms with Crippen molar-refractivity contribution in [3.8, 4) is 5.75 Å². The first-order valence-electron chi connectivity index (χ1n) is 8.25. The van der Waals surface area contributed by atoms with Crippen LogP contribution in [0.5, 0.6) is 5.75 Å². The second kappa shape index (κ2) is 8.31. The molecule has 2 heteroatoms. The average Bonchev–Trinajstić information content (AvgIpc) is 2.50. The molecule has 0 heterocycles. The standard InChI is InChI=1S/C18H29NO/c1-3-15(2)20-18-12-8-7-11-17(18)14-19-13-16-9-5-4-6-10-16/h7-8,11-12,15-16,19H,3-6,9-10,13-14H2,1-2H3. The van der Waals surface area contributed by atoms with Crippen LogP contribution in [0.2, 0.25) is 0 Å². The lowest BCUT2D eigenvalue weighted by atomic mass is 9.89. The molecule has 0 aliphatic heterocycles. The van der Waals surface area contributed by atoms with E-state index in [4.69, 9.17) is 4.74 Å². The minimum absolute atomic E-state index is 0.287. The third-order valence-corrected chi connectivity index (χ3v) is 4.35. The molecule has 1 aliphatic carbocycles. The molecule has 1 aromatic carbocycles. The summed E-state index contributed by atoms with van der Waals surface area (Å²) >= 11 is 0. The lowest BCUT2D eigenvalue weighted by Crippen LogP contribution is -2.24. The van der Waals surface area contributed by atoms with Crippen LogP contribution in [0.3, 0.4) is 0 Å². The van der Waals surface area contributed by atoms with Gasteiger partial charge in [-0.15, -0.1) is 0 Å². The van der Waals surface area contributed by atoms with E-state index in [1.54, 1.807) is 0 Å². The lowest BCUT2D eigenvalue weighted by Gasteiger charge is -2.22. The number of rotatable bonds is 7. The number of nitrogens with one attached hydrogen (secondary N) is 1. The zero-order valence-electron chi connectivity index (χ0n) is 13.0. The fourth-order valence-corrected chi connectivity index (χ4v) is 2.87. The molecule has 0 aromatic heterocycles. The predicted molar refractivity (Wildman–Crippen MR) is 85.1 cm³/mol. The van der Waals surface area contributed by atoms with Crippen LogP contribution in [0.4, 0.5) is 0 Å². The van der Waals surface area contributed by atoms with Gasteiger partial charge in [0.25, 0.3) is 0 Å². The smallest absolute Gasteiger partial charge is 0.124 e. The molecule has 1 aliphatic rings. The first-order valence-corrected chi connectivity index (χ1v) is 8.25. The number of benzene rings is 1. The molecule has 2 rings (SSSR count). The normalized spacial score (nSPS) is 17.9. The van der Waals surface area contributed by atoms with Gasteiger partial charge in [-0.05, 0) is 44.7 Å². The van der Waals surface area contributed by atoms with Crippen LogP contribution in [0.25, 0.3) is 0 Å². The Bertz CT molecular complexity index is 385. The van der Waals surface area contributed by atoms with Crippen LogP contribution in [0, 0.1) is 5.92 Å². The van der Waals surface area contributed by atoms with Crippen LogP contribution in [0.1, 0.15) is 57.9 Å². The molecule has 0 saturated heterocycles. The molecule has 1 N–H and O–H groups in total. The largest absolute Gasteiger partial charge is 0.490 e. The van der Waals surface area contributed by atoms with Crippen molar-refractivity contribution in [1.29, 1.82) is 0 Å². The van der Waals surface area contributed by atoms with Crippen molar-refractivity contribution in [1.82, 2.24) is 5.32 Å². The Kier molecular flexibility index (Phi) is 6.38. The fraction of sp³-hybridized carbons (Fsp3) is 0.667. The van der Waals surface area contributed by atoms with Gasteiger partial charge >= 0.3 is 0 Å². The van der Waals surface area contributed by atoms with E-state index in [-0.39, 0.29) is 6.10 Å². The van der Waals surface area contributed by atoms with Gasteiger partial charge in [0.05, 0.1) is 6.10 Å². The summed E-state index contributed by atoms with van der Waals surface area (Å²) in [5.41, 5.74) is 1.28. The molecule has 1 fully saturated rings. The van der Waals surface area contributed by atoms with Crippen molar-refractivity contribution in [2.24, 2.45) is 5.92 Å². The number of ether oxygens (including phenoxy) is 1. The van der Waals surface area contributed by atoms with Gasteiger partial charge in [-0.25, -0.2) is 0 Å².